The minimum Gasteiger partial charge on any atom is -0.374 e. The van der Waals surface area contributed by atoms with Crippen LogP contribution in [0.1, 0.15) is 35.5 Å². The molecule has 0 radical (unpaired) electrons. The number of nitrogens with one attached hydrogen (secondary N) is 1. The predicted molar refractivity (Wildman–Crippen MR) is 150 cm³/mol. The second-order valence-corrected chi connectivity index (χ2v) is 11.0. The molecule has 4 atom stereocenters. The Kier molecular flexibility index (Phi) is 4.38. The van der Waals surface area contributed by atoms with Crippen molar-refractivity contribution in [3.63, 3.8) is 0 Å². The summed E-state index contributed by atoms with van der Waals surface area (Å²) in [5.74, 6) is -0.211. The molecule has 3 aromatic carbocycles. The molecular formula is C31H28N4O4. The highest BCUT2D eigenvalue weighted by Gasteiger charge is 2.54. The average molecular weight is 521 g/mol. The van der Waals surface area contributed by atoms with Crippen LogP contribution in [0.3, 0.4) is 0 Å². The molecule has 8 heteroatoms. The first-order chi connectivity index (χ1) is 18.9. The van der Waals surface area contributed by atoms with Crippen LogP contribution in [0.15, 0.2) is 61.2 Å². The number of benzene rings is 3. The fraction of sp³-hybridized carbons (Fsp3) is 0.290. The molecule has 2 aromatic heterocycles. The van der Waals surface area contributed by atoms with Gasteiger partial charge in [0.1, 0.15) is 12.3 Å². The Bertz CT molecular complexity index is 1930. The molecule has 2 bridgehead atoms. The van der Waals surface area contributed by atoms with E-state index in [9.17, 15) is 9.59 Å². The van der Waals surface area contributed by atoms with E-state index in [1.807, 2.05) is 24.3 Å². The average Bonchev–Trinajstić information content (AvgIpc) is 3.59. The molecule has 3 aliphatic heterocycles. The fourth-order valence-corrected chi connectivity index (χ4v) is 7.70. The van der Waals surface area contributed by atoms with E-state index in [0.29, 0.717) is 13.0 Å². The lowest BCUT2D eigenvalue weighted by molar-refractivity contribution is -0.265. The number of hydrogen-bond acceptors (Lipinski definition) is 4. The van der Waals surface area contributed by atoms with Gasteiger partial charge in [0.25, 0.3) is 5.91 Å². The molecular weight excluding hydrogens is 492 g/mol. The largest absolute Gasteiger partial charge is 0.374 e. The van der Waals surface area contributed by atoms with Crippen LogP contribution < -0.4 is 5.32 Å². The first-order valence-electron chi connectivity index (χ1n) is 13.3. The van der Waals surface area contributed by atoms with E-state index in [1.54, 1.807) is 19.1 Å². The van der Waals surface area contributed by atoms with E-state index in [0.717, 1.165) is 54.7 Å². The third-order valence-corrected chi connectivity index (χ3v) is 9.22. The van der Waals surface area contributed by atoms with Crippen molar-refractivity contribution in [1.29, 1.82) is 0 Å². The van der Waals surface area contributed by atoms with Crippen LogP contribution in [-0.2, 0) is 26.5 Å². The van der Waals surface area contributed by atoms with Gasteiger partial charge in [-0.15, -0.1) is 0 Å². The molecule has 0 aliphatic carbocycles. The number of fused-ring (bicyclic) bond motifs is 13. The number of nitrogens with zero attached hydrogens (tertiary/aromatic N) is 3. The number of aromatic nitrogens is 2. The highest BCUT2D eigenvalue weighted by atomic mass is 16.6. The van der Waals surface area contributed by atoms with E-state index in [2.05, 4.69) is 52.2 Å². The molecule has 0 spiro atoms. The lowest BCUT2D eigenvalue weighted by Gasteiger charge is -2.50. The highest BCUT2D eigenvalue weighted by molar-refractivity contribution is 6.31. The van der Waals surface area contributed by atoms with Crippen molar-refractivity contribution >= 4 is 55.4 Å². The number of carbonyl (C=O) groups is 2. The van der Waals surface area contributed by atoms with E-state index in [1.165, 1.54) is 6.08 Å². The molecule has 5 aromatic rings. The zero-order chi connectivity index (χ0) is 26.8. The maximum absolute atomic E-state index is 13.4. The summed E-state index contributed by atoms with van der Waals surface area (Å²) in [6.07, 6.45) is 0.989. The molecule has 8 nitrogen and oxygen atoms in total. The lowest BCUT2D eigenvalue weighted by atomic mass is 9.91. The Morgan fingerprint density at radius 3 is 2.54 bits per heavy atom. The molecule has 1 N–H and O–H groups in total. The number of ether oxygens (including phenoxy) is 2. The fourth-order valence-electron chi connectivity index (χ4n) is 7.70. The van der Waals surface area contributed by atoms with Crippen molar-refractivity contribution in [2.45, 2.75) is 44.0 Å². The van der Waals surface area contributed by atoms with Crippen molar-refractivity contribution in [1.82, 2.24) is 19.4 Å². The summed E-state index contributed by atoms with van der Waals surface area (Å²) in [5, 5.41) is 7.21. The topological polar surface area (TPSA) is 77.7 Å². The monoisotopic (exact) mass is 520 g/mol. The van der Waals surface area contributed by atoms with E-state index in [-0.39, 0.29) is 17.9 Å². The summed E-state index contributed by atoms with van der Waals surface area (Å²) in [4.78, 5) is 28.1. The van der Waals surface area contributed by atoms with Crippen LogP contribution in [0, 0.1) is 0 Å². The zero-order valence-electron chi connectivity index (χ0n) is 22.0. The number of methoxy groups -OCH3 is 1. The minimum atomic E-state index is -0.962. The van der Waals surface area contributed by atoms with E-state index in [4.69, 9.17) is 9.47 Å². The van der Waals surface area contributed by atoms with Gasteiger partial charge in [-0.3, -0.25) is 9.59 Å². The molecule has 2 amide bonds. The molecule has 196 valence electrons. The summed E-state index contributed by atoms with van der Waals surface area (Å²) in [6, 6.07) is 16.2. The van der Waals surface area contributed by atoms with Gasteiger partial charge in [-0.05, 0) is 30.7 Å². The predicted octanol–water partition coefficient (Wildman–Crippen LogP) is 4.78. The molecule has 1 saturated heterocycles. The van der Waals surface area contributed by atoms with Gasteiger partial charge in [0, 0.05) is 48.7 Å². The van der Waals surface area contributed by atoms with E-state index >= 15 is 0 Å². The lowest BCUT2D eigenvalue weighted by Crippen LogP contribution is -2.61. The number of carbonyl (C=O) groups excluding carboxylic acids is 2. The summed E-state index contributed by atoms with van der Waals surface area (Å²) < 4.78 is 17.9. The van der Waals surface area contributed by atoms with Crippen LogP contribution >= 0.6 is 0 Å². The van der Waals surface area contributed by atoms with Crippen LogP contribution in [0.25, 0.3) is 43.6 Å². The molecule has 5 heterocycles. The van der Waals surface area contributed by atoms with Gasteiger partial charge in [-0.2, -0.15) is 0 Å². The maximum Gasteiger partial charge on any atom is 0.252 e. The maximum atomic E-state index is 13.4. The standard InChI is InChI=1S/C31H28N4O4/c1-5-22(36)33(3)21-14-23-34-19-12-8-6-10-16(19)25-26-18(15-32-30(26)37)24-17-11-7-9-13-20(17)35(28(24)27(25)34)31(2,39-23)29(21)38-4/h5-13,21,23,29H,1,14-15H2,2-4H3,(H,32,37)/t21-,23+,29?,31?/m0/s1. The van der Waals surface area contributed by atoms with Crippen molar-refractivity contribution in [2.75, 3.05) is 14.2 Å². The second kappa shape index (κ2) is 7.49. The molecule has 0 saturated carbocycles. The first kappa shape index (κ1) is 22.8. The van der Waals surface area contributed by atoms with Gasteiger partial charge in [0.15, 0.2) is 5.72 Å². The number of para-hydroxylation sites is 2. The number of hydrogen-bond donors (Lipinski definition) is 1. The summed E-state index contributed by atoms with van der Waals surface area (Å²) >= 11 is 0. The minimum absolute atomic E-state index is 0.0464. The third-order valence-electron chi connectivity index (χ3n) is 9.22. The van der Waals surface area contributed by atoms with Gasteiger partial charge in [-0.1, -0.05) is 43.0 Å². The molecule has 1 fully saturated rings. The summed E-state index contributed by atoms with van der Waals surface area (Å²) in [7, 11) is 3.49. The third kappa shape index (κ3) is 2.56. The number of rotatable bonds is 3. The van der Waals surface area contributed by atoms with Gasteiger partial charge in [0.2, 0.25) is 5.91 Å². The van der Waals surface area contributed by atoms with Crippen molar-refractivity contribution < 1.29 is 19.1 Å². The Hall–Kier alpha value is -4.14. The van der Waals surface area contributed by atoms with Gasteiger partial charge in [0.05, 0.1) is 33.7 Å². The number of amides is 2. The molecule has 2 unspecified atom stereocenters. The Balaban J connectivity index is 1.63. The van der Waals surface area contributed by atoms with Gasteiger partial charge in [-0.25, -0.2) is 0 Å². The summed E-state index contributed by atoms with van der Waals surface area (Å²) in [5.41, 5.74) is 4.82. The second-order valence-electron chi connectivity index (χ2n) is 11.0. The SMILES string of the molecule is C=CC(=O)N(C)[C@H]1C[C@H]2OC(C)(C1OC)n1c3ccccc3c3c4c(c5c6ccccc6n2c5c31)C(=O)NC4. The normalized spacial score (nSPS) is 25.4. The van der Waals surface area contributed by atoms with Gasteiger partial charge >= 0.3 is 0 Å². The van der Waals surface area contributed by atoms with Crippen LogP contribution in [0.2, 0.25) is 0 Å². The Labute approximate surface area is 224 Å². The van der Waals surface area contributed by atoms with Crippen LogP contribution in [0.4, 0.5) is 0 Å². The quantitative estimate of drug-likeness (QED) is 0.348. The molecule has 39 heavy (non-hydrogen) atoms. The van der Waals surface area contributed by atoms with Gasteiger partial charge < -0.3 is 28.8 Å². The Morgan fingerprint density at radius 1 is 1.13 bits per heavy atom. The van der Waals surface area contributed by atoms with Crippen molar-refractivity contribution in [2.24, 2.45) is 0 Å². The van der Waals surface area contributed by atoms with Crippen LogP contribution in [0.5, 0.6) is 0 Å². The van der Waals surface area contributed by atoms with Crippen LogP contribution in [-0.4, -0.2) is 52.2 Å². The first-order valence-corrected chi connectivity index (χ1v) is 13.3. The molecule has 8 rings (SSSR count). The zero-order valence-corrected chi connectivity index (χ0v) is 22.0. The number of likely N-dealkylation sites (N-methyl/N-ethyl adjacent to an activating group) is 1. The summed E-state index contributed by atoms with van der Waals surface area (Å²) in [6.45, 7) is 6.27. The smallest absolute Gasteiger partial charge is 0.252 e. The van der Waals surface area contributed by atoms with E-state index < -0.39 is 18.1 Å². The highest BCUT2D eigenvalue weighted by Crippen LogP contribution is 2.54. The van der Waals surface area contributed by atoms with Crippen molar-refractivity contribution in [3.8, 4) is 0 Å². The Morgan fingerprint density at radius 2 is 1.82 bits per heavy atom. The molecule has 3 aliphatic rings. The van der Waals surface area contributed by atoms with Crippen molar-refractivity contribution in [3.05, 3.63) is 72.3 Å².